The summed E-state index contributed by atoms with van der Waals surface area (Å²) >= 11 is 1.39. The molecular weight excluding hydrogens is 562 g/mol. The predicted molar refractivity (Wildman–Crippen MR) is 167 cm³/mol. The smallest absolute Gasteiger partial charge is 0.329 e. The van der Waals surface area contributed by atoms with Gasteiger partial charge in [0.25, 0.3) is 0 Å². The van der Waals surface area contributed by atoms with Gasteiger partial charge in [-0.15, -0.1) is 0 Å². The zero-order valence-corrected chi connectivity index (χ0v) is 25.3. The highest BCUT2D eigenvalue weighted by Gasteiger charge is 2.26. The molecule has 0 spiro atoms. The number of nitrogens with one attached hydrogen (secondary N) is 1. The van der Waals surface area contributed by atoms with Gasteiger partial charge in [0.1, 0.15) is 19.3 Å². The molecule has 224 valence electrons. The molecule has 0 aliphatic rings. The first kappa shape index (κ1) is 31.4. The van der Waals surface area contributed by atoms with Crippen LogP contribution in [0.3, 0.4) is 0 Å². The summed E-state index contributed by atoms with van der Waals surface area (Å²) in [5, 5.41) is 4.80. The minimum atomic E-state index is -0.930. The van der Waals surface area contributed by atoms with Gasteiger partial charge in [-0.1, -0.05) is 98.8 Å². The van der Waals surface area contributed by atoms with E-state index in [9.17, 15) is 14.4 Å². The Hall–Kier alpha value is -4.50. The summed E-state index contributed by atoms with van der Waals surface area (Å²) in [5.74, 6) is -0.787. The van der Waals surface area contributed by atoms with Crippen molar-refractivity contribution in [2.45, 2.75) is 45.9 Å². The van der Waals surface area contributed by atoms with E-state index in [0.717, 1.165) is 27.9 Å². The number of hydrogen-bond acceptors (Lipinski definition) is 7. The third kappa shape index (κ3) is 10.4. The lowest BCUT2D eigenvalue weighted by Crippen LogP contribution is -2.50. The predicted octanol–water partition coefficient (Wildman–Crippen LogP) is 6.27. The van der Waals surface area contributed by atoms with Crippen molar-refractivity contribution in [3.8, 4) is 11.3 Å². The first-order valence-electron chi connectivity index (χ1n) is 14.3. The van der Waals surface area contributed by atoms with Crippen LogP contribution in [-0.2, 0) is 38.7 Å². The molecule has 0 fully saturated rings. The number of aromatic nitrogens is 1. The highest BCUT2D eigenvalue weighted by Crippen LogP contribution is 2.20. The number of urea groups is 1. The second-order valence-corrected chi connectivity index (χ2v) is 11.3. The molecule has 0 aliphatic heterocycles. The number of carbonyl (C=O) groups is 3. The monoisotopic (exact) mass is 599 g/mol. The number of ether oxygens (including phenoxy) is 2. The van der Waals surface area contributed by atoms with Gasteiger partial charge in [-0.25, -0.2) is 9.59 Å². The summed E-state index contributed by atoms with van der Waals surface area (Å²) in [6.07, 6.45) is 0.277. The highest BCUT2D eigenvalue weighted by atomic mass is 32.1. The van der Waals surface area contributed by atoms with Crippen LogP contribution in [0.1, 0.15) is 37.0 Å². The fraction of sp³-hybridized carbons (Fsp3) is 0.294. The summed E-state index contributed by atoms with van der Waals surface area (Å²) in [4.78, 5) is 40.8. The Balaban J connectivity index is 1.42. The van der Waals surface area contributed by atoms with E-state index in [2.05, 4.69) is 9.69 Å². The van der Waals surface area contributed by atoms with Crippen molar-refractivity contribution in [3.63, 3.8) is 0 Å². The van der Waals surface area contributed by atoms with Crippen LogP contribution < -0.4 is 5.32 Å². The third-order valence-electron chi connectivity index (χ3n) is 6.63. The maximum atomic E-state index is 13.5. The molecule has 3 aromatic carbocycles. The maximum absolute atomic E-state index is 13.5. The number of nitrogens with zero attached hydrogens (tertiary/aromatic N) is 2. The van der Waals surface area contributed by atoms with Crippen molar-refractivity contribution in [1.29, 1.82) is 0 Å². The van der Waals surface area contributed by atoms with Crippen molar-refractivity contribution in [1.82, 2.24) is 14.6 Å². The SMILES string of the molecule is CC(C)CN(CCC(=O)OCc1ccccc1)C(=O)N[C@@H](Cc1ccc(-c2ccsn2)cc1)C(=O)OCc1ccccc1. The van der Waals surface area contributed by atoms with E-state index in [-0.39, 0.29) is 38.5 Å². The van der Waals surface area contributed by atoms with E-state index in [4.69, 9.17) is 9.47 Å². The fourth-order valence-electron chi connectivity index (χ4n) is 4.42. The largest absolute Gasteiger partial charge is 0.461 e. The zero-order chi connectivity index (χ0) is 30.4. The van der Waals surface area contributed by atoms with Crippen molar-refractivity contribution in [2.24, 2.45) is 5.92 Å². The maximum Gasteiger partial charge on any atom is 0.329 e. The van der Waals surface area contributed by atoms with Crippen LogP contribution in [0.25, 0.3) is 11.3 Å². The van der Waals surface area contributed by atoms with Crippen molar-refractivity contribution in [3.05, 3.63) is 113 Å². The Morgan fingerprint density at radius 1 is 0.814 bits per heavy atom. The molecule has 8 nitrogen and oxygen atoms in total. The minimum absolute atomic E-state index is 0.0359. The van der Waals surface area contributed by atoms with E-state index in [1.165, 1.54) is 11.5 Å². The van der Waals surface area contributed by atoms with Gasteiger partial charge in [0.2, 0.25) is 0 Å². The lowest BCUT2D eigenvalue weighted by molar-refractivity contribution is -0.147. The average Bonchev–Trinajstić information content (AvgIpc) is 3.57. The first-order valence-corrected chi connectivity index (χ1v) is 15.2. The Morgan fingerprint density at radius 3 is 2.02 bits per heavy atom. The molecular formula is C34H37N3O5S. The summed E-state index contributed by atoms with van der Waals surface area (Å²) in [6, 6.07) is 27.2. The van der Waals surface area contributed by atoms with Crippen LogP contribution in [0.4, 0.5) is 4.79 Å². The Labute approximate surface area is 256 Å². The van der Waals surface area contributed by atoms with Crippen molar-refractivity contribution < 1.29 is 23.9 Å². The van der Waals surface area contributed by atoms with Crippen LogP contribution in [0.2, 0.25) is 0 Å². The lowest BCUT2D eigenvalue weighted by atomic mass is 10.0. The normalized spacial score (nSPS) is 11.5. The van der Waals surface area contributed by atoms with Gasteiger partial charge in [-0.05, 0) is 40.2 Å². The number of benzene rings is 3. The highest BCUT2D eigenvalue weighted by molar-refractivity contribution is 7.03. The Morgan fingerprint density at radius 2 is 1.44 bits per heavy atom. The molecule has 1 atom stereocenters. The minimum Gasteiger partial charge on any atom is -0.461 e. The van der Waals surface area contributed by atoms with Crippen molar-refractivity contribution in [2.75, 3.05) is 13.1 Å². The van der Waals surface area contributed by atoms with Gasteiger partial charge in [0, 0.05) is 30.5 Å². The van der Waals surface area contributed by atoms with Crippen LogP contribution in [0, 0.1) is 5.92 Å². The van der Waals surface area contributed by atoms with Gasteiger partial charge < -0.3 is 19.7 Å². The molecule has 43 heavy (non-hydrogen) atoms. The number of rotatable bonds is 14. The fourth-order valence-corrected chi connectivity index (χ4v) is 4.96. The molecule has 0 saturated heterocycles. The molecule has 1 aromatic heterocycles. The molecule has 0 radical (unpaired) electrons. The summed E-state index contributed by atoms with van der Waals surface area (Å²) in [7, 11) is 0. The van der Waals surface area contributed by atoms with Gasteiger partial charge in [-0.3, -0.25) is 4.79 Å². The molecule has 0 saturated carbocycles. The van der Waals surface area contributed by atoms with Crippen LogP contribution in [-0.4, -0.2) is 46.4 Å². The zero-order valence-electron chi connectivity index (χ0n) is 24.5. The molecule has 0 bridgehead atoms. The first-order chi connectivity index (χ1) is 20.9. The second-order valence-electron chi connectivity index (χ2n) is 10.6. The van der Waals surface area contributed by atoms with Gasteiger partial charge in [0.15, 0.2) is 0 Å². The molecule has 1 heterocycles. The quantitative estimate of drug-likeness (QED) is 0.172. The molecule has 2 amide bonds. The van der Waals surface area contributed by atoms with E-state index in [1.807, 2.05) is 110 Å². The number of amides is 2. The molecule has 0 aliphatic carbocycles. The summed E-state index contributed by atoms with van der Waals surface area (Å²) in [6.45, 7) is 4.81. The molecule has 4 aromatic rings. The number of hydrogen-bond donors (Lipinski definition) is 1. The Kier molecular flexibility index (Phi) is 11.9. The lowest BCUT2D eigenvalue weighted by Gasteiger charge is -2.27. The molecule has 9 heteroatoms. The van der Waals surface area contributed by atoms with Crippen LogP contribution in [0.5, 0.6) is 0 Å². The average molecular weight is 600 g/mol. The summed E-state index contributed by atoms with van der Waals surface area (Å²) < 4.78 is 15.4. The van der Waals surface area contributed by atoms with E-state index in [1.54, 1.807) is 4.90 Å². The topological polar surface area (TPSA) is 97.8 Å². The molecule has 4 rings (SSSR count). The third-order valence-corrected chi connectivity index (χ3v) is 7.19. The molecule has 1 N–H and O–H groups in total. The summed E-state index contributed by atoms with van der Waals surface area (Å²) in [5.41, 5.74) is 4.46. The number of esters is 2. The molecule has 0 unspecified atom stereocenters. The standard InChI is InChI=1S/C34H37N3O5S/c1-25(2)22-37(19-17-32(38)41-23-27-9-5-3-6-10-27)34(40)35-31(33(39)42-24-28-11-7-4-8-12-28)21-26-13-15-29(16-14-26)30-18-20-43-36-30/h3-16,18,20,25,31H,17,19,21-24H2,1-2H3,(H,35,40)/t31-/m0/s1. The van der Waals surface area contributed by atoms with Crippen LogP contribution in [0.15, 0.2) is 96.4 Å². The van der Waals surface area contributed by atoms with E-state index in [0.29, 0.717) is 6.54 Å². The van der Waals surface area contributed by atoms with Crippen molar-refractivity contribution >= 4 is 29.5 Å². The van der Waals surface area contributed by atoms with Gasteiger partial charge in [-0.2, -0.15) is 4.37 Å². The number of carbonyl (C=O) groups excluding carboxylic acids is 3. The second kappa shape index (κ2) is 16.2. The van der Waals surface area contributed by atoms with Gasteiger partial charge in [0.05, 0.1) is 12.1 Å². The van der Waals surface area contributed by atoms with E-state index >= 15 is 0 Å². The van der Waals surface area contributed by atoms with Crippen LogP contribution >= 0.6 is 11.5 Å². The van der Waals surface area contributed by atoms with E-state index < -0.39 is 24.0 Å². The van der Waals surface area contributed by atoms with Gasteiger partial charge >= 0.3 is 18.0 Å². The Bertz CT molecular complexity index is 1430.